The standard InChI is InChI=1S/C16H14F3NO/c1-2-4-11-5-3-6-12(9-11)15(21)14-8-7-13(10-20-14)16(17,18)19/h3,5-10H,2,4H2,1H3. The molecule has 0 saturated carbocycles. The Morgan fingerprint density at radius 1 is 1.19 bits per heavy atom. The van der Waals surface area contributed by atoms with E-state index in [0.29, 0.717) is 11.8 Å². The second-order valence-corrected chi connectivity index (χ2v) is 4.71. The third kappa shape index (κ3) is 3.68. The second-order valence-electron chi connectivity index (χ2n) is 4.71. The summed E-state index contributed by atoms with van der Waals surface area (Å²) in [6, 6.07) is 9.06. The zero-order valence-corrected chi connectivity index (χ0v) is 11.4. The van der Waals surface area contributed by atoms with Crippen LogP contribution in [0.3, 0.4) is 0 Å². The lowest BCUT2D eigenvalue weighted by atomic mass is 10.0. The Balaban J connectivity index is 2.26. The minimum Gasteiger partial charge on any atom is -0.287 e. The number of halogens is 3. The van der Waals surface area contributed by atoms with Crippen LogP contribution in [0.2, 0.25) is 0 Å². The van der Waals surface area contributed by atoms with Gasteiger partial charge < -0.3 is 0 Å². The molecule has 0 aliphatic carbocycles. The van der Waals surface area contributed by atoms with Gasteiger partial charge in [0.15, 0.2) is 0 Å². The monoisotopic (exact) mass is 293 g/mol. The maximum absolute atomic E-state index is 12.5. The predicted octanol–water partition coefficient (Wildman–Crippen LogP) is 4.28. The van der Waals surface area contributed by atoms with Crippen molar-refractivity contribution in [2.75, 3.05) is 0 Å². The second kappa shape index (κ2) is 6.08. The molecule has 0 fully saturated rings. The van der Waals surface area contributed by atoms with Gasteiger partial charge in [0.2, 0.25) is 5.78 Å². The lowest BCUT2D eigenvalue weighted by Crippen LogP contribution is -2.09. The Bertz CT molecular complexity index is 633. The van der Waals surface area contributed by atoms with E-state index < -0.39 is 11.7 Å². The maximum Gasteiger partial charge on any atom is 0.417 e. The molecule has 5 heteroatoms. The van der Waals surface area contributed by atoms with Crippen LogP contribution in [0.5, 0.6) is 0 Å². The summed E-state index contributed by atoms with van der Waals surface area (Å²) in [5.41, 5.74) is 0.610. The number of alkyl halides is 3. The van der Waals surface area contributed by atoms with Crippen LogP contribution >= 0.6 is 0 Å². The van der Waals surface area contributed by atoms with Crippen molar-refractivity contribution in [3.63, 3.8) is 0 Å². The summed E-state index contributed by atoms with van der Waals surface area (Å²) in [5, 5.41) is 0. The van der Waals surface area contributed by atoms with E-state index in [0.717, 1.165) is 30.5 Å². The molecule has 2 rings (SSSR count). The average Bonchev–Trinajstić information content (AvgIpc) is 2.46. The molecule has 1 heterocycles. The summed E-state index contributed by atoms with van der Waals surface area (Å²) in [6.45, 7) is 2.03. The molecule has 0 atom stereocenters. The number of aryl methyl sites for hydroxylation is 1. The van der Waals surface area contributed by atoms with Crippen LogP contribution < -0.4 is 0 Å². The molecule has 0 N–H and O–H groups in total. The molecule has 0 aliphatic rings. The summed E-state index contributed by atoms with van der Waals surface area (Å²) in [4.78, 5) is 15.8. The van der Waals surface area contributed by atoms with Crippen molar-refractivity contribution in [3.05, 3.63) is 65.0 Å². The lowest BCUT2D eigenvalue weighted by Gasteiger charge is -2.07. The van der Waals surface area contributed by atoms with E-state index in [1.165, 1.54) is 0 Å². The molecule has 0 bridgehead atoms. The van der Waals surface area contributed by atoms with Crippen molar-refractivity contribution in [2.45, 2.75) is 25.9 Å². The van der Waals surface area contributed by atoms with Crippen molar-refractivity contribution >= 4 is 5.78 Å². The molecule has 21 heavy (non-hydrogen) atoms. The predicted molar refractivity (Wildman–Crippen MR) is 73.1 cm³/mol. The van der Waals surface area contributed by atoms with Crippen LogP contribution in [0.15, 0.2) is 42.6 Å². The van der Waals surface area contributed by atoms with Gasteiger partial charge in [-0.05, 0) is 30.2 Å². The van der Waals surface area contributed by atoms with Crippen LogP contribution in [-0.4, -0.2) is 10.8 Å². The number of carbonyl (C=O) groups excluding carboxylic acids is 1. The number of ketones is 1. The number of benzene rings is 1. The van der Waals surface area contributed by atoms with Crippen LogP contribution in [0, 0.1) is 0 Å². The smallest absolute Gasteiger partial charge is 0.287 e. The lowest BCUT2D eigenvalue weighted by molar-refractivity contribution is -0.137. The topological polar surface area (TPSA) is 30.0 Å². The first-order chi connectivity index (χ1) is 9.91. The number of aromatic nitrogens is 1. The van der Waals surface area contributed by atoms with E-state index in [1.807, 2.05) is 13.0 Å². The van der Waals surface area contributed by atoms with E-state index in [9.17, 15) is 18.0 Å². The van der Waals surface area contributed by atoms with Crippen molar-refractivity contribution in [1.82, 2.24) is 4.98 Å². The zero-order chi connectivity index (χ0) is 15.5. The normalized spacial score (nSPS) is 11.4. The number of pyridine rings is 1. The fourth-order valence-corrected chi connectivity index (χ4v) is 2.00. The van der Waals surface area contributed by atoms with Gasteiger partial charge in [-0.3, -0.25) is 9.78 Å². The minimum absolute atomic E-state index is 0.0108. The van der Waals surface area contributed by atoms with Crippen LogP contribution in [0.4, 0.5) is 13.2 Å². The highest BCUT2D eigenvalue weighted by Crippen LogP contribution is 2.28. The largest absolute Gasteiger partial charge is 0.417 e. The highest BCUT2D eigenvalue weighted by Gasteiger charge is 2.30. The Kier molecular flexibility index (Phi) is 4.40. The van der Waals surface area contributed by atoms with Crippen LogP contribution in [-0.2, 0) is 12.6 Å². The molecule has 0 spiro atoms. The highest BCUT2D eigenvalue weighted by atomic mass is 19.4. The molecule has 1 aromatic heterocycles. The Morgan fingerprint density at radius 3 is 2.52 bits per heavy atom. The van der Waals surface area contributed by atoms with Gasteiger partial charge in [-0.15, -0.1) is 0 Å². The van der Waals surface area contributed by atoms with Gasteiger partial charge in [0.1, 0.15) is 5.69 Å². The van der Waals surface area contributed by atoms with E-state index in [1.54, 1.807) is 18.2 Å². The van der Waals surface area contributed by atoms with Crippen LogP contribution in [0.25, 0.3) is 0 Å². The number of nitrogens with zero attached hydrogens (tertiary/aromatic N) is 1. The van der Waals surface area contributed by atoms with E-state index in [4.69, 9.17) is 0 Å². The fraction of sp³-hybridized carbons (Fsp3) is 0.250. The molecule has 0 unspecified atom stereocenters. The SMILES string of the molecule is CCCc1cccc(C(=O)c2ccc(C(F)(F)F)cn2)c1. The highest BCUT2D eigenvalue weighted by molar-refractivity contribution is 6.07. The first-order valence-corrected chi connectivity index (χ1v) is 6.58. The summed E-state index contributed by atoms with van der Waals surface area (Å²) in [5.74, 6) is -0.373. The maximum atomic E-state index is 12.5. The van der Waals surface area contributed by atoms with Gasteiger partial charge in [0.25, 0.3) is 0 Å². The molecule has 0 aliphatic heterocycles. The van der Waals surface area contributed by atoms with E-state index in [-0.39, 0.29) is 11.5 Å². The number of carbonyl (C=O) groups is 1. The first-order valence-electron chi connectivity index (χ1n) is 6.58. The van der Waals surface area contributed by atoms with Crippen molar-refractivity contribution in [3.8, 4) is 0 Å². The Morgan fingerprint density at radius 2 is 1.95 bits per heavy atom. The van der Waals surface area contributed by atoms with Crippen LogP contribution in [0.1, 0.15) is 40.5 Å². The quantitative estimate of drug-likeness (QED) is 0.787. The number of rotatable bonds is 4. The summed E-state index contributed by atoms with van der Waals surface area (Å²) >= 11 is 0. The molecule has 0 saturated heterocycles. The van der Waals surface area contributed by atoms with Gasteiger partial charge >= 0.3 is 6.18 Å². The fourth-order valence-electron chi connectivity index (χ4n) is 2.00. The molecule has 2 aromatic rings. The van der Waals surface area contributed by atoms with Gasteiger partial charge in [-0.25, -0.2) is 0 Å². The Hall–Kier alpha value is -2.17. The summed E-state index contributed by atoms with van der Waals surface area (Å²) in [6.07, 6.45) is -1.96. The van der Waals surface area contributed by atoms with Gasteiger partial charge in [-0.2, -0.15) is 13.2 Å². The third-order valence-corrected chi connectivity index (χ3v) is 3.05. The molecule has 0 radical (unpaired) electrons. The first kappa shape index (κ1) is 15.2. The van der Waals surface area contributed by atoms with Gasteiger partial charge in [-0.1, -0.05) is 31.5 Å². The Labute approximate surface area is 120 Å². The van der Waals surface area contributed by atoms with Gasteiger partial charge in [0, 0.05) is 11.8 Å². The van der Waals surface area contributed by atoms with E-state index >= 15 is 0 Å². The summed E-state index contributed by atoms with van der Waals surface area (Å²) < 4.78 is 37.4. The molecule has 2 nitrogen and oxygen atoms in total. The minimum atomic E-state index is -4.45. The number of hydrogen-bond acceptors (Lipinski definition) is 2. The number of hydrogen-bond donors (Lipinski definition) is 0. The average molecular weight is 293 g/mol. The van der Waals surface area contributed by atoms with Crippen molar-refractivity contribution < 1.29 is 18.0 Å². The molecule has 110 valence electrons. The van der Waals surface area contributed by atoms with E-state index in [2.05, 4.69) is 4.98 Å². The molecule has 1 aromatic carbocycles. The van der Waals surface area contributed by atoms with Crippen molar-refractivity contribution in [2.24, 2.45) is 0 Å². The molecular formula is C16H14F3NO. The van der Waals surface area contributed by atoms with Crippen molar-refractivity contribution in [1.29, 1.82) is 0 Å². The van der Waals surface area contributed by atoms with Gasteiger partial charge in [0.05, 0.1) is 5.56 Å². The summed E-state index contributed by atoms with van der Waals surface area (Å²) in [7, 11) is 0. The molecular weight excluding hydrogens is 279 g/mol. The zero-order valence-electron chi connectivity index (χ0n) is 11.4. The third-order valence-electron chi connectivity index (χ3n) is 3.05. The molecule has 0 amide bonds.